The lowest BCUT2D eigenvalue weighted by Crippen LogP contribution is -3.05. The molecule has 0 aromatic carbocycles. The molecule has 0 aliphatic heterocycles. The topological polar surface area (TPSA) is 59.5 Å². The van der Waals surface area contributed by atoms with Gasteiger partial charge in [-0.2, -0.15) is 9.61 Å². The molecule has 3 aromatic heterocycles. The number of nitrogens with one attached hydrogen (secondary N) is 2. The van der Waals surface area contributed by atoms with Crippen LogP contribution in [0.25, 0.3) is 15.9 Å². The summed E-state index contributed by atoms with van der Waals surface area (Å²) in [5.41, 5.74) is 2.40. The molecule has 0 amide bonds. The van der Waals surface area contributed by atoms with Crippen LogP contribution in [-0.4, -0.2) is 46.8 Å². The molecule has 0 spiro atoms. The summed E-state index contributed by atoms with van der Waals surface area (Å²) in [6.07, 6.45) is 6.33. The molecule has 4 rings (SSSR count). The van der Waals surface area contributed by atoms with Gasteiger partial charge in [0.2, 0.25) is 5.95 Å². The van der Waals surface area contributed by atoms with E-state index in [0.717, 1.165) is 42.4 Å². The van der Waals surface area contributed by atoms with E-state index in [9.17, 15) is 0 Å². The van der Waals surface area contributed by atoms with Gasteiger partial charge in [-0.25, -0.2) is 9.97 Å². The molecule has 0 fully saturated rings. The second-order valence-corrected chi connectivity index (χ2v) is 7.29. The Labute approximate surface area is 133 Å². The van der Waals surface area contributed by atoms with Crippen LogP contribution < -0.4 is 10.2 Å². The monoisotopic (exact) mass is 317 g/mol. The molecule has 0 saturated heterocycles. The normalized spacial score (nSPS) is 14.3. The first-order valence-electron chi connectivity index (χ1n) is 7.91. The van der Waals surface area contributed by atoms with Crippen molar-refractivity contribution in [2.24, 2.45) is 0 Å². The van der Waals surface area contributed by atoms with Crippen molar-refractivity contribution >= 4 is 33.1 Å². The van der Waals surface area contributed by atoms with Gasteiger partial charge < -0.3 is 10.2 Å². The van der Waals surface area contributed by atoms with Crippen LogP contribution in [0.3, 0.4) is 0 Å². The average Bonchev–Trinajstić information content (AvgIpc) is 3.16. The van der Waals surface area contributed by atoms with Gasteiger partial charge in [0, 0.05) is 17.8 Å². The van der Waals surface area contributed by atoms with E-state index in [0.29, 0.717) is 0 Å². The Hall–Kier alpha value is -1.73. The highest BCUT2D eigenvalue weighted by Gasteiger charge is 2.22. The first-order valence-corrected chi connectivity index (χ1v) is 8.72. The van der Waals surface area contributed by atoms with E-state index in [1.54, 1.807) is 6.33 Å². The van der Waals surface area contributed by atoms with Gasteiger partial charge in [-0.3, -0.25) is 0 Å². The van der Waals surface area contributed by atoms with Crippen LogP contribution in [0, 0.1) is 0 Å². The van der Waals surface area contributed by atoms with E-state index in [2.05, 4.69) is 29.5 Å². The molecule has 7 heteroatoms. The van der Waals surface area contributed by atoms with E-state index < -0.39 is 0 Å². The fraction of sp³-hybridized carbons (Fsp3) is 0.533. The first-order chi connectivity index (χ1) is 10.7. The molecule has 0 atom stereocenters. The standard InChI is InChI=1S/C15H20N6S/c1-20(2)8-4-7-16-15-19-14-12(13-17-9-18-21(13)15)10-5-3-6-11(10)22-14/h9H,3-8H2,1-2H3,(H,16,19)/p+1. The van der Waals surface area contributed by atoms with Gasteiger partial charge in [-0.1, -0.05) is 0 Å². The van der Waals surface area contributed by atoms with E-state index in [1.807, 2.05) is 15.9 Å². The lowest BCUT2D eigenvalue weighted by atomic mass is 10.2. The molecule has 116 valence electrons. The van der Waals surface area contributed by atoms with Crippen LogP contribution in [0.2, 0.25) is 0 Å². The maximum absolute atomic E-state index is 4.82. The van der Waals surface area contributed by atoms with Gasteiger partial charge in [0.05, 0.1) is 26.0 Å². The van der Waals surface area contributed by atoms with Crippen molar-refractivity contribution in [1.29, 1.82) is 0 Å². The molecule has 3 heterocycles. The summed E-state index contributed by atoms with van der Waals surface area (Å²) in [7, 11) is 4.35. The van der Waals surface area contributed by atoms with Crippen LogP contribution >= 0.6 is 11.3 Å². The number of thiophene rings is 1. The summed E-state index contributed by atoms with van der Waals surface area (Å²) in [5.74, 6) is 0.814. The Morgan fingerprint density at radius 1 is 1.36 bits per heavy atom. The smallest absolute Gasteiger partial charge is 0.227 e. The van der Waals surface area contributed by atoms with Gasteiger partial charge >= 0.3 is 0 Å². The van der Waals surface area contributed by atoms with Crippen molar-refractivity contribution < 1.29 is 4.90 Å². The van der Waals surface area contributed by atoms with Crippen LogP contribution in [0.15, 0.2) is 6.33 Å². The van der Waals surface area contributed by atoms with Gasteiger partial charge in [-0.05, 0) is 24.8 Å². The maximum atomic E-state index is 4.82. The van der Waals surface area contributed by atoms with E-state index >= 15 is 0 Å². The second-order valence-electron chi connectivity index (χ2n) is 6.21. The number of hydrogen-bond donors (Lipinski definition) is 2. The minimum atomic E-state index is 0.814. The van der Waals surface area contributed by atoms with Crippen molar-refractivity contribution in [2.75, 3.05) is 32.5 Å². The maximum Gasteiger partial charge on any atom is 0.227 e. The Balaban J connectivity index is 1.71. The number of aryl methyl sites for hydroxylation is 2. The highest BCUT2D eigenvalue weighted by Crippen LogP contribution is 2.38. The molecule has 0 bridgehead atoms. The van der Waals surface area contributed by atoms with E-state index in [-0.39, 0.29) is 0 Å². The predicted octanol–water partition coefficient (Wildman–Crippen LogP) is 0.774. The number of fused-ring (bicyclic) bond motifs is 5. The number of aromatic nitrogens is 4. The SMILES string of the molecule is C[NH+](C)CCCNc1nc2sc3c(c2c2ncnn12)CCC3. The fourth-order valence-corrected chi connectivity index (χ4v) is 4.42. The van der Waals surface area contributed by atoms with Gasteiger partial charge in [0.25, 0.3) is 0 Å². The Morgan fingerprint density at radius 3 is 3.14 bits per heavy atom. The molecular weight excluding hydrogens is 296 g/mol. The molecule has 6 nitrogen and oxygen atoms in total. The molecule has 2 N–H and O–H groups in total. The minimum absolute atomic E-state index is 0.814. The summed E-state index contributed by atoms with van der Waals surface area (Å²) in [6, 6.07) is 0. The second kappa shape index (κ2) is 5.48. The van der Waals surface area contributed by atoms with Crippen LogP contribution in [-0.2, 0) is 12.8 Å². The number of hydrogen-bond acceptors (Lipinski definition) is 5. The van der Waals surface area contributed by atoms with Crippen molar-refractivity contribution in [2.45, 2.75) is 25.7 Å². The summed E-state index contributed by atoms with van der Waals surface area (Å²) >= 11 is 1.83. The quantitative estimate of drug-likeness (QED) is 0.683. The zero-order valence-electron chi connectivity index (χ0n) is 13.0. The number of rotatable bonds is 5. The van der Waals surface area contributed by atoms with Crippen molar-refractivity contribution in [3.05, 3.63) is 16.8 Å². The number of quaternary nitrogens is 1. The molecular formula is C15H21N6S+. The fourth-order valence-electron chi connectivity index (χ4n) is 3.17. The zero-order valence-corrected chi connectivity index (χ0v) is 13.8. The number of anilines is 1. The van der Waals surface area contributed by atoms with Crippen LogP contribution in [0.4, 0.5) is 5.95 Å². The van der Waals surface area contributed by atoms with Crippen molar-refractivity contribution in [3.63, 3.8) is 0 Å². The van der Waals surface area contributed by atoms with E-state index in [1.165, 1.54) is 33.6 Å². The van der Waals surface area contributed by atoms with Crippen molar-refractivity contribution in [1.82, 2.24) is 19.6 Å². The van der Waals surface area contributed by atoms with Gasteiger partial charge in [-0.15, -0.1) is 11.3 Å². The highest BCUT2D eigenvalue weighted by atomic mass is 32.1. The minimum Gasteiger partial charge on any atom is -0.354 e. The lowest BCUT2D eigenvalue weighted by Gasteiger charge is -2.09. The number of nitrogens with zero attached hydrogens (tertiary/aromatic N) is 4. The van der Waals surface area contributed by atoms with Crippen LogP contribution in [0.5, 0.6) is 0 Å². The summed E-state index contributed by atoms with van der Waals surface area (Å²) in [5, 5.41) is 9.02. The molecule has 22 heavy (non-hydrogen) atoms. The lowest BCUT2D eigenvalue weighted by molar-refractivity contribution is -0.858. The molecule has 0 saturated carbocycles. The highest BCUT2D eigenvalue weighted by molar-refractivity contribution is 7.19. The third-order valence-corrected chi connectivity index (χ3v) is 5.40. The van der Waals surface area contributed by atoms with Gasteiger partial charge in [0.15, 0.2) is 5.65 Å². The zero-order chi connectivity index (χ0) is 15.1. The average molecular weight is 317 g/mol. The molecule has 0 radical (unpaired) electrons. The summed E-state index contributed by atoms with van der Waals surface area (Å²) < 4.78 is 1.86. The van der Waals surface area contributed by atoms with Gasteiger partial charge in [0.1, 0.15) is 11.2 Å². The molecule has 1 aliphatic carbocycles. The third kappa shape index (κ3) is 2.24. The molecule has 3 aromatic rings. The van der Waals surface area contributed by atoms with Crippen molar-refractivity contribution in [3.8, 4) is 0 Å². The largest absolute Gasteiger partial charge is 0.354 e. The van der Waals surface area contributed by atoms with Crippen LogP contribution in [0.1, 0.15) is 23.3 Å². The Kier molecular flexibility index (Phi) is 3.46. The Morgan fingerprint density at radius 2 is 2.27 bits per heavy atom. The summed E-state index contributed by atoms with van der Waals surface area (Å²) in [6.45, 7) is 2.05. The van der Waals surface area contributed by atoms with E-state index in [4.69, 9.17) is 4.98 Å². The third-order valence-electron chi connectivity index (χ3n) is 4.22. The Bertz CT molecular complexity index is 818. The predicted molar refractivity (Wildman–Crippen MR) is 89.0 cm³/mol. The summed E-state index contributed by atoms with van der Waals surface area (Å²) in [4.78, 5) is 13.4. The molecule has 0 unspecified atom stereocenters. The first kappa shape index (κ1) is 13.9. The molecule has 1 aliphatic rings.